The first-order valence-electron chi connectivity index (χ1n) is 5.29. The molecule has 0 atom stereocenters. The molecule has 2 rings (SSSR count). The molecule has 0 aliphatic heterocycles. The van der Waals surface area contributed by atoms with Crippen molar-refractivity contribution in [2.75, 3.05) is 6.54 Å². The largest absolute Gasteiger partial charge is 0.477 e. The monoisotopic (exact) mass is 253 g/mol. The lowest BCUT2D eigenvalue weighted by Gasteiger charge is -2.03. The molecule has 0 spiro atoms. The van der Waals surface area contributed by atoms with Gasteiger partial charge in [0.25, 0.3) is 0 Å². The lowest BCUT2D eigenvalue weighted by Crippen LogP contribution is -2.13. The Morgan fingerprint density at radius 3 is 2.94 bits per heavy atom. The van der Waals surface area contributed by atoms with E-state index in [0.29, 0.717) is 28.7 Å². The third kappa shape index (κ3) is 2.16. The van der Waals surface area contributed by atoms with Gasteiger partial charge in [-0.1, -0.05) is 13.0 Å². The van der Waals surface area contributed by atoms with Crippen molar-refractivity contribution in [1.82, 2.24) is 5.32 Å². The van der Waals surface area contributed by atoms with Crippen molar-refractivity contribution in [3.8, 4) is 0 Å². The molecular formula is C12H12FNO2S. The predicted molar refractivity (Wildman–Crippen MR) is 66.1 cm³/mol. The van der Waals surface area contributed by atoms with Crippen LogP contribution in [-0.2, 0) is 6.54 Å². The van der Waals surface area contributed by atoms with Gasteiger partial charge in [-0.2, -0.15) is 0 Å². The van der Waals surface area contributed by atoms with Gasteiger partial charge in [-0.25, -0.2) is 9.18 Å². The summed E-state index contributed by atoms with van der Waals surface area (Å²) in [6, 6.07) is 4.69. The Morgan fingerprint density at radius 2 is 2.29 bits per heavy atom. The van der Waals surface area contributed by atoms with Crippen LogP contribution in [-0.4, -0.2) is 17.6 Å². The summed E-state index contributed by atoms with van der Waals surface area (Å²) < 4.78 is 14.4. The molecule has 1 aromatic carbocycles. The highest BCUT2D eigenvalue weighted by Gasteiger charge is 2.19. The van der Waals surface area contributed by atoms with E-state index in [0.717, 1.165) is 11.3 Å². The molecule has 1 heterocycles. The van der Waals surface area contributed by atoms with Crippen molar-refractivity contribution < 1.29 is 14.3 Å². The molecule has 0 saturated carbocycles. The lowest BCUT2D eigenvalue weighted by atomic mass is 10.1. The molecule has 90 valence electrons. The van der Waals surface area contributed by atoms with Gasteiger partial charge in [0.1, 0.15) is 10.7 Å². The van der Waals surface area contributed by atoms with Gasteiger partial charge in [-0.3, -0.25) is 0 Å². The highest BCUT2D eigenvalue weighted by atomic mass is 32.1. The van der Waals surface area contributed by atoms with Gasteiger partial charge in [0, 0.05) is 22.2 Å². The van der Waals surface area contributed by atoms with Crippen molar-refractivity contribution in [2.45, 2.75) is 13.5 Å². The number of thiophene rings is 1. The zero-order chi connectivity index (χ0) is 12.4. The summed E-state index contributed by atoms with van der Waals surface area (Å²) in [4.78, 5) is 11.3. The molecule has 0 unspecified atom stereocenters. The molecule has 0 aliphatic rings. The normalized spacial score (nSPS) is 10.9. The molecule has 2 N–H and O–H groups in total. The summed E-state index contributed by atoms with van der Waals surface area (Å²) in [5, 5.41) is 12.6. The smallest absolute Gasteiger partial charge is 0.346 e. The summed E-state index contributed by atoms with van der Waals surface area (Å²) in [5.74, 6) is -1.36. The van der Waals surface area contributed by atoms with Crippen LogP contribution in [0.5, 0.6) is 0 Å². The first-order chi connectivity index (χ1) is 8.15. The van der Waals surface area contributed by atoms with Gasteiger partial charge in [0.05, 0.1) is 0 Å². The number of carbonyl (C=O) groups is 1. The summed E-state index contributed by atoms with van der Waals surface area (Å²) in [7, 11) is 0. The van der Waals surface area contributed by atoms with E-state index in [1.807, 2.05) is 6.92 Å². The SMILES string of the molecule is CCNCc1c(C(=O)O)sc2cccc(F)c12. The molecule has 3 nitrogen and oxygen atoms in total. The Hall–Kier alpha value is -1.46. The Morgan fingerprint density at radius 1 is 1.53 bits per heavy atom. The fourth-order valence-electron chi connectivity index (χ4n) is 1.76. The predicted octanol–water partition coefficient (Wildman–Crippen LogP) is 2.85. The lowest BCUT2D eigenvalue weighted by molar-refractivity contribution is 0.0701. The van der Waals surface area contributed by atoms with Gasteiger partial charge in [0.2, 0.25) is 0 Å². The minimum atomic E-state index is -1.00. The second kappa shape index (κ2) is 4.81. The van der Waals surface area contributed by atoms with Crippen molar-refractivity contribution in [2.24, 2.45) is 0 Å². The number of hydrogen-bond donors (Lipinski definition) is 2. The molecule has 0 aliphatic carbocycles. The van der Waals surface area contributed by atoms with Crippen LogP contribution >= 0.6 is 11.3 Å². The van der Waals surface area contributed by atoms with Gasteiger partial charge in [-0.15, -0.1) is 11.3 Å². The molecule has 5 heteroatoms. The molecule has 0 radical (unpaired) electrons. The molecule has 0 fully saturated rings. The number of benzene rings is 1. The van der Waals surface area contributed by atoms with E-state index < -0.39 is 5.97 Å². The number of halogens is 1. The fraction of sp³-hybridized carbons (Fsp3) is 0.250. The van der Waals surface area contributed by atoms with Gasteiger partial charge in [0.15, 0.2) is 0 Å². The van der Waals surface area contributed by atoms with Crippen LogP contribution in [0.25, 0.3) is 10.1 Å². The van der Waals surface area contributed by atoms with Crippen molar-refractivity contribution in [3.05, 3.63) is 34.5 Å². The average molecular weight is 253 g/mol. The number of carboxylic acids is 1. The maximum absolute atomic E-state index is 13.7. The second-order valence-electron chi connectivity index (χ2n) is 3.61. The Kier molecular flexibility index (Phi) is 3.40. The van der Waals surface area contributed by atoms with Crippen molar-refractivity contribution >= 4 is 27.4 Å². The van der Waals surface area contributed by atoms with E-state index in [4.69, 9.17) is 5.11 Å². The zero-order valence-electron chi connectivity index (χ0n) is 9.29. The van der Waals surface area contributed by atoms with E-state index in [2.05, 4.69) is 5.32 Å². The first-order valence-corrected chi connectivity index (χ1v) is 6.10. The summed E-state index contributed by atoms with van der Waals surface area (Å²) in [5.41, 5.74) is 0.539. The fourth-order valence-corrected chi connectivity index (χ4v) is 2.83. The number of aromatic carboxylic acids is 1. The Bertz CT molecular complexity index is 565. The van der Waals surface area contributed by atoms with E-state index in [-0.39, 0.29) is 10.7 Å². The van der Waals surface area contributed by atoms with Crippen LogP contribution < -0.4 is 5.32 Å². The number of nitrogens with one attached hydrogen (secondary N) is 1. The van der Waals surface area contributed by atoms with E-state index in [9.17, 15) is 9.18 Å². The van der Waals surface area contributed by atoms with Crippen LogP contribution in [0, 0.1) is 5.82 Å². The molecule has 0 amide bonds. The summed E-state index contributed by atoms with van der Waals surface area (Å²) >= 11 is 1.12. The molecule has 0 bridgehead atoms. The van der Waals surface area contributed by atoms with E-state index in [1.54, 1.807) is 12.1 Å². The average Bonchev–Trinajstić information content (AvgIpc) is 2.66. The quantitative estimate of drug-likeness (QED) is 0.880. The van der Waals surface area contributed by atoms with Crippen LogP contribution in [0.1, 0.15) is 22.2 Å². The Balaban J connectivity index is 2.64. The maximum atomic E-state index is 13.7. The molecule has 17 heavy (non-hydrogen) atoms. The zero-order valence-corrected chi connectivity index (χ0v) is 10.1. The van der Waals surface area contributed by atoms with Gasteiger partial charge in [-0.05, 0) is 18.7 Å². The molecule has 2 aromatic rings. The van der Waals surface area contributed by atoms with Crippen molar-refractivity contribution in [3.63, 3.8) is 0 Å². The maximum Gasteiger partial charge on any atom is 0.346 e. The number of rotatable bonds is 4. The number of hydrogen-bond acceptors (Lipinski definition) is 3. The third-order valence-corrected chi connectivity index (χ3v) is 3.69. The van der Waals surface area contributed by atoms with Crippen LogP contribution in [0.15, 0.2) is 18.2 Å². The van der Waals surface area contributed by atoms with Gasteiger partial charge >= 0.3 is 5.97 Å². The highest BCUT2D eigenvalue weighted by Crippen LogP contribution is 2.33. The molecule has 1 aromatic heterocycles. The van der Waals surface area contributed by atoms with E-state index in [1.165, 1.54) is 6.07 Å². The van der Waals surface area contributed by atoms with Crippen molar-refractivity contribution in [1.29, 1.82) is 0 Å². The number of carboxylic acid groups (broad SMARTS) is 1. The molecular weight excluding hydrogens is 241 g/mol. The summed E-state index contributed by atoms with van der Waals surface area (Å²) in [6.45, 7) is 3.01. The Labute approximate surface area is 102 Å². The topological polar surface area (TPSA) is 49.3 Å². The minimum Gasteiger partial charge on any atom is -0.477 e. The highest BCUT2D eigenvalue weighted by molar-refractivity contribution is 7.21. The first kappa shape index (κ1) is 12.0. The van der Waals surface area contributed by atoms with Crippen LogP contribution in [0.3, 0.4) is 0 Å². The summed E-state index contributed by atoms with van der Waals surface area (Å²) in [6.07, 6.45) is 0. The minimum absolute atomic E-state index is 0.214. The second-order valence-corrected chi connectivity index (χ2v) is 4.66. The van der Waals surface area contributed by atoms with Crippen LogP contribution in [0.2, 0.25) is 0 Å². The third-order valence-electron chi connectivity index (χ3n) is 2.51. The standard InChI is InChI=1S/C12H12FNO2S/c1-2-14-6-7-10-8(13)4-3-5-9(10)17-11(7)12(15)16/h3-5,14H,2,6H2,1H3,(H,15,16). The molecule has 0 saturated heterocycles. The number of fused-ring (bicyclic) bond motifs is 1. The van der Waals surface area contributed by atoms with Crippen LogP contribution in [0.4, 0.5) is 4.39 Å². The van der Waals surface area contributed by atoms with Gasteiger partial charge < -0.3 is 10.4 Å². The van der Waals surface area contributed by atoms with E-state index >= 15 is 0 Å².